The van der Waals surface area contributed by atoms with E-state index in [0.29, 0.717) is 36.2 Å². The number of carbonyl (C=O) groups is 2. The van der Waals surface area contributed by atoms with E-state index in [-0.39, 0.29) is 5.91 Å². The van der Waals surface area contributed by atoms with Crippen LogP contribution >= 0.6 is 0 Å². The van der Waals surface area contributed by atoms with Gasteiger partial charge < -0.3 is 9.80 Å². The van der Waals surface area contributed by atoms with Crippen LogP contribution in [0.2, 0.25) is 0 Å². The van der Waals surface area contributed by atoms with Crippen molar-refractivity contribution in [3.8, 4) is 0 Å². The predicted octanol–water partition coefficient (Wildman–Crippen LogP) is 4.21. The Morgan fingerprint density at radius 1 is 1.06 bits per heavy atom. The third kappa shape index (κ3) is 4.51. The summed E-state index contributed by atoms with van der Waals surface area (Å²) < 4.78 is 0. The summed E-state index contributed by atoms with van der Waals surface area (Å²) in [5.74, 6) is 2.37. The predicted molar refractivity (Wildman–Crippen MR) is 120 cm³/mol. The molecule has 1 aliphatic carbocycles. The summed E-state index contributed by atoms with van der Waals surface area (Å²) in [6.07, 6.45) is 16.9. The van der Waals surface area contributed by atoms with E-state index >= 15 is 0 Å². The number of hydrogen-bond donors (Lipinski definition) is 0. The van der Waals surface area contributed by atoms with Crippen LogP contribution in [0.25, 0.3) is 0 Å². The lowest BCUT2D eigenvalue weighted by atomic mass is 9.69. The summed E-state index contributed by atoms with van der Waals surface area (Å²) in [7, 11) is 0. The fraction of sp³-hybridized carbons (Fsp3) is 0.731. The van der Waals surface area contributed by atoms with Crippen LogP contribution in [0.3, 0.4) is 0 Å². The lowest BCUT2D eigenvalue weighted by Gasteiger charge is -2.57. The van der Waals surface area contributed by atoms with Crippen molar-refractivity contribution in [1.29, 1.82) is 0 Å². The van der Waals surface area contributed by atoms with Gasteiger partial charge in [-0.3, -0.25) is 14.6 Å². The quantitative estimate of drug-likeness (QED) is 0.713. The number of piperidine rings is 3. The van der Waals surface area contributed by atoms with Gasteiger partial charge in [0.25, 0.3) is 0 Å². The van der Waals surface area contributed by atoms with Gasteiger partial charge in [0.15, 0.2) is 0 Å². The zero-order valence-corrected chi connectivity index (χ0v) is 18.8. The van der Waals surface area contributed by atoms with E-state index < -0.39 is 0 Å². The van der Waals surface area contributed by atoms with E-state index in [9.17, 15) is 9.59 Å². The molecule has 0 N–H and O–H groups in total. The van der Waals surface area contributed by atoms with Crippen LogP contribution in [0.1, 0.15) is 76.2 Å². The molecule has 31 heavy (non-hydrogen) atoms. The molecular formula is C26H37N3O2. The molecule has 0 spiro atoms. The molecule has 1 saturated carbocycles. The molecule has 168 valence electrons. The topological polar surface area (TPSA) is 53.5 Å². The minimum Gasteiger partial charge on any atom is -0.342 e. The average molecular weight is 424 g/mol. The van der Waals surface area contributed by atoms with Gasteiger partial charge in [-0.1, -0.05) is 38.2 Å². The summed E-state index contributed by atoms with van der Waals surface area (Å²) in [4.78, 5) is 34.8. The van der Waals surface area contributed by atoms with E-state index in [1.165, 1.54) is 38.5 Å². The Morgan fingerprint density at radius 2 is 1.90 bits per heavy atom. The van der Waals surface area contributed by atoms with Crippen molar-refractivity contribution in [3.63, 3.8) is 0 Å². The normalized spacial score (nSPS) is 31.4. The van der Waals surface area contributed by atoms with Crippen LogP contribution in [0, 0.1) is 17.8 Å². The third-order valence-electron chi connectivity index (χ3n) is 8.50. The first-order valence-electron chi connectivity index (χ1n) is 12.7. The van der Waals surface area contributed by atoms with E-state index in [1.807, 2.05) is 12.3 Å². The highest BCUT2D eigenvalue weighted by atomic mass is 16.2. The molecule has 1 aromatic heterocycles. The smallest absolute Gasteiger partial charge is 0.223 e. The maximum absolute atomic E-state index is 13.1. The van der Waals surface area contributed by atoms with Crippen molar-refractivity contribution < 1.29 is 9.59 Å². The summed E-state index contributed by atoms with van der Waals surface area (Å²) in [6.45, 7) is 1.68. The number of carbonyl (C=O) groups excluding carboxylic acids is 2. The van der Waals surface area contributed by atoms with Crippen LogP contribution < -0.4 is 0 Å². The Balaban J connectivity index is 1.30. The molecular weight excluding hydrogens is 386 g/mol. The minimum absolute atomic E-state index is 0.283. The number of hydrogen-bond acceptors (Lipinski definition) is 3. The summed E-state index contributed by atoms with van der Waals surface area (Å²) in [5.41, 5.74) is 1.13. The fourth-order valence-corrected chi connectivity index (χ4v) is 7.00. The number of aromatic nitrogens is 1. The number of nitrogens with zero attached hydrogens (tertiary/aromatic N) is 3. The van der Waals surface area contributed by atoms with Gasteiger partial charge in [0, 0.05) is 50.4 Å². The molecule has 4 aliphatic rings. The number of rotatable bonds is 5. The molecule has 0 unspecified atom stereocenters. The van der Waals surface area contributed by atoms with E-state index in [0.717, 1.165) is 56.7 Å². The van der Waals surface area contributed by atoms with Gasteiger partial charge in [0.05, 0.1) is 0 Å². The van der Waals surface area contributed by atoms with Gasteiger partial charge in [0.1, 0.15) is 0 Å². The summed E-state index contributed by atoms with van der Waals surface area (Å²) in [5, 5.41) is 0. The van der Waals surface area contributed by atoms with E-state index in [2.05, 4.69) is 20.9 Å². The molecule has 5 rings (SSSR count). The Kier molecular flexibility index (Phi) is 6.29. The molecule has 5 heteroatoms. The molecule has 2 bridgehead atoms. The first-order chi connectivity index (χ1) is 15.2. The highest BCUT2D eigenvalue weighted by Gasteiger charge is 2.50. The standard InChI is InChI=1S/C26H37N3O2/c30-25(12-11-20-8-5-13-27-16-20)28-17-21-15-22(18-28)24(14-19-6-2-1-3-7-19)29-23(21)9-4-10-26(29)31/h5,8,13,16,19,21-24H,1-4,6-7,9-12,14-15,17-18H2/t21-,22+,23+,24+/m1/s1. The van der Waals surface area contributed by atoms with Gasteiger partial charge in [-0.15, -0.1) is 0 Å². The second-order valence-corrected chi connectivity index (χ2v) is 10.5. The fourth-order valence-electron chi connectivity index (χ4n) is 7.00. The molecule has 4 atom stereocenters. The first kappa shape index (κ1) is 21.0. The van der Waals surface area contributed by atoms with E-state index in [1.54, 1.807) is 6.20 Å². The number of fused-ring (bicyclic) bond motifs is 4. The van der Waals surface area contributed by atoms with Crippen molar-refractivity contribution in [2.24, 2.45) is 17.8 Å². The molecule has 0 radical (unpaired) electrons. The van der Waals surface area contributed by atoms with Crippen molar-refractivity contribution in [3.05, 3.63) is 30.1 Å². The Hall–Kier alpha value is -1.91. The maximum atomic E-state index is 13.1. The molecule has 1 aromatic rings. The van der Waals surface area contributed by atoms with Crippen LogP contribution in [0.5, 0.6) is 0 Å². The van der Waals surface area contributed by atoms with Crippen LogP contribution in [0.4, 0.5) is 0 Å². The van der Waals surface area contributed by atoms with Crippen molar-refractivity contribution in [2.45, 2.75) is 89.1 Å². The van der Waals surface area contributed by atoms with Crippen molar-refractivity contribution in [1.82, 2.24) is 14.8 Å². The second kappa shape index (κ2) is 9.30. The SMILES string of the molecule is O=C(CCc1cccnc1)N1C[C@H]2C[C@@H](C1)[C@H](CC1CCCCC1)N1C(=O)CCC[C@@H]21. The number of amides is 2. The maximum Gasteiger partial charge on any atom is 0.223 e. The molecule has 3 saturated heterocycles. The van der Waals surface area contributed by atoms with Crippen molar-refractivity contribution >= 4 is 11.8 Å². The molecule has 4 heterocycles. The van der Waals surface area contributed by atoms with Crippen LogP contribution in [0.15, 0.2) is 24.5 Å². The zero-order valence-electron chi connectivity index (χ0n) is 18.8. The lowest BCUT2D eigenvalue weighted by Crippen LogP contribution is -2.65. The number of pyridine rings is 1. The first-order valence-corrected chi connectivity index (χ1v) is 12.7. The highest BCUT2D eigenvalue weighted by Crippen LogP contribution is 2.44. The monoisotopic (exact) mass is 423 g/mol. The Bertz CT molecular complexity index is 776. The van der Waals surface area contributed by atoms with Gasteiger partial charge >= 0.3 is 0 Å². The number of aryl methyl sites for hydroxylation is 1. The number of likely N-dealkylation sites (tertiary alicyclic amines) is 1. The van der Waals surface area contributed by atoms with Crippen molar-refractivity contribution in [2.75, 3.05) is 13.1 Å². The van der Waals surface area contributed by atoms with Crippen LogP contribution in [-0.4, -0.2) is 51.8 Å². The van der Waals surface area contributed by atoms with Gasteiger partial charge in [-0.05, 0) is 61.5 Å². The molecule has 5 nitrogen and oxygen atoms in total. The van der Waals surface area contributed by atoms with Gasteiger partial charge in [0.2, 0.25) is 11.8 Å². The largest absolute Gasteiger partial charge is 0.342 e. The third-order valence-corrected chi connectivity index (χ3v) is 8.50. The minimum atomic E-state index is 0.283. The van der Waals surface area contributed by atoms with Gasteiger partial charge in [-0.25, -0.2) is 0 Å². The lowest BCUT2D eigenvalue weighted by molar-refractivity contribution is -0.157. The highest BCUT2D eigenvalue weighted by molar-refractivity contribution is 5.79. The molecule has 0 aromatic carbocycles. The molecule has 4 fully saturated rings. The Labute approximate surface area is 186 Å². The zero-order chi connectivity index (χ0) is 21.2. The summed E-state index contributed by atoms with van der Waals surface area (Å²) >= 11 is 0. The molecule has 3 aliphatic heterocycles. The Morgan fingerprint density at radius 3 is 2.71 bits per heavy atom. The summed E-state index contributed by atoms with van der Waals surface area (Å²) in [6, 6.07) is 4.71. The van der Waals surface area contributed by atoms with Gasteiger partial charge in [-0.2, -0.15) is 0 Å². The van der Waals surface area contributed by atoms with E-state index in [4.69, 9.17) is 0 Å². The second-order valence-electron chi connectivity index (χ2n) is 10.5. The average Bonchev–Trinajstić information content (AvgIpc) is 2.81. The molecule has 2 amide bonds. The van der Waals surface area contributed by atoms with Crippen LogP contribution in [-0.2, 0) is 16.0 Å².